The third-order valence-corrected chi connectivity index (χ3v) is 4.97. The molecule has 2 aromatic heterocycles. The van der Waals surface area contributed by atoms with E-state index >= 15 is 0 Å². The van der Waals surface area contributed by atoms with Crippen LogP contribution in [0, 0.1) is 6.92 Å². The van der Waals surface area contributed by atoms with Gasteiger partial charge in [0.2, 0.25) is 0 Å². The highest BCUT2D eigenvalue weighted by molar-refractivity contribution is 7.98. The SMILES string of the molecule is CSc1nc(C)cc(N2CCN(Cc3cn[nH]c3C(C)C)CC2)n1. The minimum atomic E-state index is 0.484. The maximum Gasteiger partial charge on any atom is 0.189 e. The highest BCUT2D eigenvalue weighted by atomic mass is 32.2. The molecule has 0 radical (unpaired) electrons. The Morgan fingerprint density at radius 3 is 2.62 bits per heavy atom. The first-order valence-corrected chi connectivity index (χ1v) is 9.68. The van der Waals surface area contributed by atoms with Crippen LogP contribution in [0.15, 0.2) is 17.4 Å². The zero-order valence-corrected chi connectivity index (χ0v) is 15.7. The summed E-state index contributed by atoms with van der Waals surface area (Å²) in [5.74, 6) is 1.54. The molecule has 1 aliphatic heterocycles. The van der Waals surface area contributed by atoms with Gasteiger partial charge in [-0.3, -0.25) is 10.00 Å². The maximum absolute atomic E-state index is 4.66. The van der Waals surface area contributed by atoms with Gasteiger partial charge in [-0.1, -0.05) is 25.6 Å². The molecule has 0 aromatic carbocycles. The van der Waals surface area contributed by atoms with Crippen molar-refractivity contribution in [2.75, 3.05) is 37.3 Å². The molecule has 1 N–H and O–H groups in total. The van der Waals surface area contributed by atoms with Gasteiger partial charge < -0.3 is 4.90 Å². The molecule has 130 valence electrons. The Bertz CT molecular complexity index is 675. The second kappa shape index (κ2) is 7.53. The third kappa shape index (κ3) is 3.89. The number of thioether (sulfide) groups is 1. The molecule has 0 atom stereocenters. The third-order valence-electron chi connectivity index (χ3n) is 4.42. The molecule has 1 saturated heterocycles. The average molecular weight is 347 g/mol. The molecule has 24 heavy (non-hydrogen) atoms. The second-order valence-electron chi connectivity index (χ2n) is 6.58. The van der Waals surface area contributed by atoms with Crippen LogP contribution in [0.3, 0.4) is 0 Å². The summed E-state index contributed by atoms with van der Waals surface area (Å²) < 4.78 is 0. The minimum Gasteiger partial charge on any atom is -0.354 e. The summed E-state index contributed by atoms with van der Waals surface area (Å²) >= 11 is 1.60. The number of aromatic amines is 1. The topological polar surface area (TPSA) is 60.9 Å². The van der Waals surface area contributed by atoms with E-state index in [-0.39, 0.29) is 0 Å². The van der Waals surface area contributed by atoms with E-state index in [4.69, 9.17) is 0 Å². The van der Waals surface area contributed by atoms with Gasteiger partial charge in [0.05, 0.1) is 6.20 Å². The summed E-state index contributed by atoms with van der Waals surface area (Å²) in [5.41, 5.74) is 3.61. The Labute approximate surface area is 148 Å². The Balaban J connectivity index is 1.61. The molecule has 1 fully saturated rings. The fraction of sp³-hybridized carbons (Fsp3) is 0.588. The summed E-state index contributed by atoms with van der Waals surface area (Å²) in [6.07, 6.45) is 3.99. The standard InChI is InChI=1S/C17H26N6S/c1-12(2)16-14(10-18-21-16)11-22-5-7-23(8-6-22)15-9-13(3)19-17(20-15)24-4/h9-10,12H,5-8,11H2,1-4H3,(H,18,21). The van der Waals surface area contributed by atoms with E-state index in [1.54, 1.807) is 11.8 Å². The number of anilines is 1. The van der Waals surface area contributed by atoms with Gasteiger partial charge in [-0.15, -0.1) is 0 Å². The molecule has 0 amide bonds. The molecule has 0 aliphatic carbocycles. The predicted octanol–water partition coefficient (Wildman–Crippen LogP) is 2.68. The molecule has 6 nitrogen and oxygen atoms in total. The summed E-state index contributed by atoms with van der Waals surface area (Å²) in [6, 6.07) is 2.09. The van der Waals surface area contributed by atoms with Gasteiger partial charge in [0.15, 0.2) is 5.16 Å². The number of aromatic nitrogens is 4. The number of rotatable bonds is 5. The zero-order valence-electron chi connectivity index (χ0n) is 14.9. The van der Waals surface area contributed by atoms with Crippen molar-refractivity contribution in [2.45, 2.75) is 38.4 Å². The van der Waals surface area contributed by atoms with Gasteiger partial charge in [-0.2, -0.15) is 5.10 Å². The average Bonchev–Trinajstić information content (AvgIpc) is 3.03. The largest absolute Gasteiger partial charge is 0.354 e. The molecule has 2 aromatic rings. The van der Waals surface area contributed by atoms with Crippen LogP contribution in [-0.2, 0) is 6.54 Å². The molecule has 3 heterocycles. The maximum atomic E-state index is 4.66. The van der Waals surface area contributed by atoms with Crippen molar-refractivity contribution in [1.29, 1.82) is 0 Å². The molecular formula is C17H26N6S. The van der Waals surface area contributed by atoms with Gasteiger partial charge in [-0.05, 0) is 19.1 Å². The van der Waals surface area contributed by atoms with Crippen LogP contribution in [0.1, 0.15) is 36.7 Å². The van der Waals surface area contributed by atoms with Gasteiger partial charge in [-0.25, -0.2) is 9.97 Å². The lowest BCUT2D eigenvalue weighted by molar-refractivity contribution is 0.248. The van der Waals surface area contributed by atoms with E-state index in [2.05, 4.69) is 49.9 Å². The molecule has 3 rings (SSSR count). The highest BCUT2D eigenvalue weighted by Crippen LogP contribution is 2.21. The number of nitrogens with zero attached hydrogens (tertiary/aromatic N) is 5. The monoisotopic (exact) mass is 346 g/mol. The lowest BCUT2D eigenvalue weighted by Crippen LogP contribution is -2.46. The summed E-state index contributed by atoms with van der Waals surface area (Å²) in [5, 5.41) is 8.21. The lowest BCUT2D eigenvalue weighted by Gasteiger charge is -2.35. The number of hydrogen-bond donors (Lipinski definition) is 1. The van der Waals surface area contributed by atoms with Crippen molar-refractivity contribution in [3.8, 4) is 0 Å². The number of nitrogens with one attached hydrogen (secondary N) is 1. The number of hydrogen-bond acceptors (Lipinski definition) is 6. The van der Waals surface area contributed by atoms with E-state index < -0.39 is 0 Å². The van der Waals surface area contributed by atoms with Crippen molar-refractivity contribution in [3.05, 3.63) is 29.2 Å². The fourth-order valence-electron chi connectivity index (χ4n) is 3.10. The van der Waals surface area contributed by atoms with Crippen LogP contribution >= 0.6 is 11.8 Å². The van der Waals surface area contributed by atoms with Crippen LogP contribution in [0.4, 0.5) is 5.82 Å². The van der Waals surface area contributed by atoms with Crippen molar-refractivity contribution >= 4 is 17.6 Å². The predicted molar refractivity (Wildman–Crippen MR) is 98.7 cm³/mol. The first-order chi connectivity index (χ1) is 11.6. The van der Waals surface area contributed by atoms with Crippen molar-refractivity contribution in [2.24, 2.45) is 0 Å². The van der Waals surface area contributed by atoms with Crippen LogP contribution < -0.4 is 4.90 Å². The molecule has 7 heteroatoms. The molecule has 0 unspecified atom stereocenters. The van der Waals surface area contributed by atoms with E-state index in [0.717, 1.165) is 49.4 Å². The molecule has 0 saturated carbocycles. The first kappa shape index (κ1) is 17.2. The molecule has 1 aliphatic rings. The normalized spacial score (nSPS) is 16.1. The fourth-order valence-corrected chi connectivity index (χ4v) is 3.52. The van der Waals surface area contributed by atoms with E-state index in [0.29, 0.717) is 5.92 Å². The Hall–Kier alpha value is -1.60. The van der Waals surface area contributed by atoms with Crippen LogP contribution in [0.25, 0.3) is 0 Å². The van der Waals surface area contributed by atoms with E-state index in [9.17, 15) is 0 Å². The Morgan fingerprint density at radius 2 is 1.96 bits per heavy atom. The van der Waals surface area contributed by atoms with Gasteiger partial charge in [0.1, 0.15) is 5.82 Å². The van der Waals surface area contributed by atoms with E-state index in [1.165, 1.54) is 11.3 Å². The molecule has 0 bridgehead atoms. The zero-order chi connectivity index (χ0) is 17.1. The summed E-state index contributed by atoms with van der Waals surface area (Å²) in [6.45, 7) is 11.5. The summed E-state index contributed by atoms with van der Waals surface area (Å²) in [4.78, 5) is 14.0. The van der Waals surface area contributed by atoms with Crippen LogP contribution in [-0.4, -0.2) is 57.5 Å². The summed E-state index contributed by atoms with van der Waals surface area (Å²) in [7, 11) is 0. The van der Waals surface area contributed by atoms with Crippen LogP contribution in [0.2, 0.25) is 0 Å². The Morgan fingerprint density at radius 1 is 1.21 bits per heavy atom. The van der Waals surface area contributed by atoms with Gasteiger partial charge in [0, 0.05) is 55.7 Å². The number of aryl methyl sites for hydroxylation is 1. The Kier molecular flexibility index (Phi) is 5.40. The van der Waals surface area contributed by atoms with Gasteiger partial charge in [0.25, 0.3) is 0 Å². The smallest absolute Gasteiger partial charge is 0.189 e. The first-order valence-electron chi connectivity index (χ1n) is 8.46. The second-order valence-corrected chi connectivity index (χ2v) is 7.35. The minimum absolute atomic E-state index is 0.484. The lowest BCUT2D eigenvalue weighted by atomic mass is 10.1. The van der Waals surface area contributed by atoms with Crippen molar-refractivity contribution in [3.63, 3.8) is 0 Å². The van der Waals surface area contributed by atoms with Crippen LogP contribution in [0.5, 0.6) is 0 Å². The number of piperazine rings is 1. The molecule has 0 spiro atoms. The quantitative estimate of drug-likeness (QED) is 0.663. The van der Waals surface area contributed by atoms with Crippen molar-refractivity contribution < 1.29 is 0 Å². The highest BCUT2D eigenvalue weighted by Gasteiger charge is 2.20. The number of H-pyrrole nitrogens is 1. The van der Waals surface area contributed by atoms with Gasteiger partial charge >= 0.3 is 0 Å². The van der Waals surface area contributed by atoms with Crippen molar-refractivity contribution in [1.82, 2.24) is 25.1 Å². The van der Waals surface area contributed by atoms with E-state index in [1.807, 2.05) is 19.4 Å². The molecular weight excluding hydrogens is 320 g/mol.